The van der Waals surface area contributed by atoms with E-state index in [0.29, 0.717) is 11.4 Å². The van der Waals surface area contributed by atoms with Crippen LogP contribution in [0.15, 0.2) is 34.1 Å². The molecule has 2 aromatic rings. The van der Waals surface area contributed by atoms with Crippen LogP contribution in [-0.4, -0.2) is 34.4 Å². The van der Waals surface area contributed by atoms with E-state index in [9.17, 15) is 19.7 Å². The number of carbonyl (C=O) groups excluding carboxylic acids is 1. The molecule has 22 heavy (non-hydrogen) atoms. The molecule has 0 unspecified atom stereocenters. The van der Waals surface area contributed by atoms with Gasteiger partial charge < -0.3 is 9.84 Å². The zero-order valence-corrected chi connectivity index (χ0v) is 11.5. The zero-order valence-electron chi connectivity index (χ0n) is 11.5. The van der Waals surface area contributed by atoms with Crippen LogP contribution in [0.1, 0.15) is 11.3 Å². The van der Waals surface area contributed by atoms with Gasteiger partial charge >= 0.3 is 5.97 Å². The molecule has 0 saturated heterocycles. The Morgan fingerprint density at radius 2 is 2.23 bits per heavy atom. The van der Waals surface area contributed by atoms with Crippen LogP contribution in [0.4, 0.5) is 11.4 Å². The number of nitro benzene ring substituents is 1. The maximum atomic E-state index is 11.7. The summed E-state index contributed by atoms with van der Waals surface area (Å²) in [6.45, 7) is 0. The number of nitrogens with zero attached hydrogens (tertiary/aromatic N) is 2. The molecule has 9 heteroatoms. The van der Waals surface area contributed by atoms with Gasteiger partial charge in [-0.3, -0.25) is 29.8 Å². The number of ether oxygens (including phenoxy) is 1. The molecule has 0 fully saturated rings. The van der Waals surface area contributed by atoms with Crippen molar-refractivity contribution < 1.29 is 14.5 Å². The summed E-state index contributed by atoms with van der Waals surface area (Å²) in [6, 6.07) is 5.66. The van der Waals surface area contributed by atoms with E-state index in [0.717, 1.165) is 0 Å². The molecule has 1 aromatic carbocycles. The first-order valence-corrected chi connectivity index (χ1v) is 6.16. The van der Waals surface area contributed by atoms with Crippen molar-refractivity contribution in [1.29, 1.82) is 0 Å². The SMILES string of the molecule is COC(=O)Cc1[nH][nH]c(=O)c1C=Nc1cccc([N+](=O)[O-])c1. The first-order valence-electron chi connectivity index (χ1n) is 6.16. The molecule has 0 bridgehead atoms. The molecule has 0 saturated carbocycles. The van der Waals surface area contributed by atoms with Crippen molar-refractivity contribution in [2.24, 2.45) is 4.99 Å². The van der Waals surface area contributed by atoms with E-state index < -0.39 is 16.5 Å². The fourth-order valence-corrected chi connectivity index (χ4v) is 1.72. The summed E-state index contributed by atoms with van der Waals surface area (Å²) in [5, 5.41) is 15.6. The number of esters is 1. The van der Waals surface area contributed by atoms with E-state index in [1.165, 1.54) is 31.5 Å². The maximum Gasteiger partial charge on any atom is 0.311 e. The van der Waals surface area contributed by atoms with E-state index in [1.807, 2.05) is 0 Å². The average Bonchev–Trinajstić information content (AvgIpc) is 2.85. The lowest BCUT2D eigenvalue weighted by molar-refractivity contribution is -0.384. The van der Waals surface area contributed by atoms with Crippen molar-refractivity contribution in [2.45, 2.75) is 6.42 Å². The van der Waals surface area contributed by atoms with Crippen molar-refractivity contribution in [1.82, 2.24) is 10.2 Å². The largest absolute Gasteiger partial charge is 0.469 e. The number of hydrogen-bond acceptors (Lipinski definition) is 6. The highest BCUT2D eigenvalue weighted by atomic mass is 16.6. The second kappa shape index (κ2) is 6.48. The minimum atomic E-state index is -0.537. The smallest absolute Gasteiger partial charge is 0.311 e. The van der Waals surface area contributed by atoms with Crippen molar-refractivity contribution >= 4 is 23.6 Å². The van der Waals surface area contributed by atoms with Crippen LogP contribution in [0.2, 0.25) is 0 Å². The number of aliphatic imine (C=N–C) groups is 1. The predicted molar refractivity (Wildman–Crippen MR) is 77.5 cm³/mol. The van der Waals surface area contributed by atoms with Crippen LogP contribution in [0.25, 0.3) is 0 Å². The molecule has 0 spiro atoms. The van der Waals surface area contributed by atoms with Gasteiger partial charge in [0.15, 0.2) is 0 Å². The topological polar surface area (TPSA) is 130 Å². The maximum absolute atomic E-state index is 11.7. The average molecular weight is 304 g/mol. The molecule has 2 rings (SSSR count). The first kappa shape index (κ1) is 15.2. The lowest BCUT2D eigenvalue weighted by atomic mass is 10.2. The highest BCUT2D eigenvalue weighted by Gasteiger charge is 2.12. The second-order valence-corrected chi connectivity index (χ2v) is 4.26. The van der Waals surface area contributed by atoms with Crippen LogP contribution in [-0.2, 0) is 16.0 Å². The Kier molecular flexibility index (Phi) is 4.47. The number of nitrogens with one attached hydrogen (secondary N) is 2. The van der Waals surface area contributed by atoms with E-state index in [-0.39, 0.29) is 17.7 Å². The number of methoxy groups -OCH3 is 1. The molecule has 0 radical (unpaired) electrons. The van der Waals surface area contributed by atoms with Crippen molar-refractivity contribution in [2.75, 3.05) is 7.11 Å². The highest BCUT2D eigenvalue weighted by Crippen LogP contribution is 2.19. The Labute approximate surface area is 123 Å². The molecule has 1 heterocycles. The number of hydrogen-bond donors (Lipinski definition) is 2. The third-order valence-electron chi connectivity index (χ3n) is 2.83. The molecule has 0 aliphatic heterocycles. The van der Waals surface area contributed by atoms with Crippen LogP contribution in [0.5, 0.6) is 0 Å². The van der Waals surface area contributed by atoms with Crippen LogP contribution in [0, 0.1) is 10.1 Å². The van der Waals surface area contributed by atoms with E-state index in [2.05, 4.69) is 19.9 Å². The Morgan fingerprint density at radius 1 is 1.45 bits per heavy atom. The normalized spacial score (nSPS) is 10.8. The number of nitro groups is 1. The van der Waals surface area contributed by atoms with Gasteiger partial charge in [0.1, 0.15) is 0 Å². The number of non-ortho nitro benzene ring substituents is 1. The number of aromatic amines is 2. The minimum Gasteiger partial charge on any atom is -0.469 e. The summed E-state index contributed by atoms with van der Waals surface area (Å²) in [5.41, 5.74) is 0.252. The van der Waals surface area contributed by atoms with Gasteiger partial charge in [-0.25, -0.2) is 0 Å². The molecular formula is C13H12N4O5. The number of benzene rings is 1. The Hall–Kier alpha value is -3.23. The van der Waals surface area contributed by atoms with Gasteiger partial charge in [0.05, 0.1) is 35.4 Å². The number of aromatic nitrogens is 2. The quantitative estimate of drug-likeness (QED) is 0.369. The van der Waals surface area contributed by atoms with Crippen molar-refractivity contribution in [3.05, 3.63) is 56.0 Å². The van der Waals surface area contributed by atoms with E-state index >= 15 is 0 Å². The minimum absolute atomic E-state index is 0.104. The third-order valence-corrected chi connectivity index (χ3v) is 2.83. The second-order valence-electron chi connectivity index (χ2n) is 4.26. The molecule has 114 valence electrons. The number of rotatable bonds is 5. The van der Waals surface area contributed by atoms with Crippen molar-refractivity contribution in [3.63, 3.8) is 0 Å². The molecule has 0 atom stereocenters. The highest BCUT2D eigenvalue weighted by molar-refractivity contribution is 5.85. The van der Waals surface area contributed by atoms with Gasteiger partial charge in [-0.1, -0.05) is 6.07 Å². The van der Waals surface area contributed by atoms with Gasteiger partial charge in [0.25, 0.3) is 11.2 Å². The summed E-state index contributed by atoms with van der Waals surface area (Å²) >= 11 is 0. The standard InChI is InChI=1S/C13H12N4O5/c1-22-12(18)6-11-10(13(19)16-15-11)7-14-8-3-2-4-9(5-8)17(20)21/h2-5,7H,6H2,1H3,(H2,15,16,19). The third kappa shape index (κ3) is 3.45. The monoisotopic (exact) mass is 304 g/mol. The van der Waals surface area contributed by atoms with Gasteiger partial charge in [0.2, 0.25) is 0 Å². The van der Waals surface area contributed by atoms with Crippen LogP contribution in [0.3, 0.4) is 0 Å². The van der Waals surface area contributed by atoms with Gasteiger partial charge in [-0.05, 0) is 6.07 Å². The van der Waals surface area contributed by atoms with Crippen molar-refractivity contribution in [3.8, 4) is 0 Å². The summed E-state index contributed by atoms with van der Waals surface area (Å²) in [5.74, 6) is -0.514. The predicted octanol–water partition coefficient (Wildman–Crippen LogP) is 1.08. The molecule has 0 amide bonds. The molecule has 9 nitrogen and oxygen atoms in total. The van der Waals surface area contributed by atoms with E-state index in [1.54, 1.807) is 6.07 Å². The summed E-state index contributed by atoms with van der Waals surface area (Å²) < 4.78 is 4.53. The Bertz CT molecular complexity index is 790. The molecule has 0 aliphatic carbocycles. The summed E-state index contributed by atoms with van der Waals surface area (Å²) in [7, 11) is 1.24. The van der Waals surface area contributed by atoms with Gasteiger partial charge in [0, 0.05) is 18.3 Å². The summed E-state index contributed by atoms with van der Waals surface area (Å²) in [4.78, 5) is 37.1. The fraction of sp³-hybridized carbons (Fsp3) is 0.154. The number of H-pyrrole nitrogens is 2. The van der Waals surface area contributed by atoms with Gasteiger partial charge in [-0.15, -0.1) is 0 Å². The molecular weight excluding hydrogens is 292 g/mol. The number of carbonyl (C=O) groups is 1. The molecule has 2 N–H and O–H groups in total. The Morgan fingerprint density at radius 3 is 2.91 bits per heavy atom. The molecule has 1 aromatic heterocycles. The fourth-order valence-electron chi connectivity index (χ4n) is 1.72. The zero-order chi connectivity index (χ0) is 16.1. The lowest BCUT2D eigenvalue weighted by Gasteiger charge is -1.97. The Balaban J connectivity index is 2.28. The summed E-state index contributed by atoms with van der Waals surface area (Å²) in [6.07, 6.45) is 1.12. The van der Waals surface area contributed by atoms with Gasteiger partial charge in [-0.2, -0.15) is 0 Å². The van der Waals surface area contributed by atoms with Crippen LogP contribution >= 0.6 is 0 Å². The molecule has 0 aliphatic rings. The van der Waals surface area contributed by atoms with E-state index in [4.69, 9.17) is 0 Å². The lowest BCUT2D eigenvalue weighted by Crippen LogP contribution is -2.10. The van der Waals surface area contributed by atoms with Crippen LogP contribution < -0.4 is 5.56 Å². The first-order chi connectivity index (χ1) is 10.5.